The fraction of sp³-hybridized carbons (Fsp3) is 0.708. The van der Waals surface area contributed by atoms with Gasteiger partial charge in [0.25, 0.3) is 0 Å². The molecule has 174 valence electrons. The van der Waals surface area contributed by atoms with Gasteiger partial charge in [-0.3, -0.25) is 14.8 Å². The van der Waals surface area contributed by atoms with E-state index in [1.165, 1.54) is 37.8 Å². The summed E-state index contributed by atoms with van der Waals surface area (Å²) < 4.78 is 10.9. The second kappa shape index (κ2) is 12.9. The van der Waals surface area contributed by atoms with Crippen molar-refractivity contribution in [2.45, 2.75) is 44.7 Å². The number of benzene rings is 1. The number of hydrogen-bond donors (Lipinski definition) is 2. The first-order chi connectivity index (χ1) is 15.2. The molecule has 2 atom stereocenters. The maximum atomic E-state index is 5.57. The number of hydrogen-bond acceptors (Lipinski definition) is 5. The number of likely N-dealkylation sites (tertiary alicyclic amines) is 1. The summed E-state index contributed by atoms with van der Waals surface area (Å²) >= 11 is 0. The zero-order valence-corrected chi connectivity index (χ0v) is 19.6. The molecule has 0 aliphatic carbocycles. The van der Waals surface area contributed by atoms with Gasteiger partial charge in [0.2, 0.25) is 0 Å². The van der Waals surface area contributed by atoms with Gasteiger partial charge in [0.1, 0.15) is 5.75 Å². The maximum Gasteiger partial charge on any atom is 0.191 e. The van der Waals surface area contributed by atoms with Crippen LogP contribution < -0.4 is 15.4 Å². The summed E-state index contributed by atoms with van der Waals surface area (Å²) in [4.78, 5) is 9.59. The SMILES string of the molecule is CCC1CCCCN1CCNC(=NC)NCC(c1ccc(OC)cc1)N1CCOCC1. The molecule has 1 aromatic rings. The van der Waals surface area contributed by atoms with E-state index in [1.807, 2.05) is 19.2 Å². The molecule has 3 rings (SSSR count). The minimum Gasteiger partial charge on any atom is -0.497 e. The Morgan fingerprint density at radius 2 is 1.94 bits per heavy atom. The number of methoxy groups -OCH3 is 1. The molecular weight excluding hydrogens is 390 g/mol. The lowest BCUT2D eigenvalue weighted by Gasteiger charge is -2.36. The number of nitrogens with zero attached hydrogens (tertiary/aromatic N) is 3. The largest absolute Gasteiger partial charge is 0.497 e. The Morgan fingerprint density at radius 3 is 2.61 bits per heavy atom. The second-order valence-corrected chi connectivity index (χ2v) is 8.41. The van der Waals surface area contributed by atoms with E-state index >= 15 is 0 Å². The van der Waals surface area contributed by atoms with E-state index in [0.717, 1.165) is 63.7 Å². The molecule has 1 aromatic carbocycles. The normalized spacial score (nSPS) is 22.2. The van der Waals surface area contributed by atoms with Crippen LogP contribution >= 0.6 is 0 Å². The monoisotopic (exact) mass is 431 g/mol. The number of ether oxygens (including phenoxy) is 2. The number of aliphatic imine (C=N–C) groups is 1. The number of morpholine rings is 1. The van der Waals surface area contributed by atoms with Crippen molar-refractivity contribution in [1.29, 1.82) is 0 Å². The zero-order chi connectivity index (χ0) is 21.9. The van der Waals surface area contributed by atoms with Crippen LogP contribution in [-0.4, -0.2) is 88.4 Å². The molecule has 2 aliphatic heterocycles. The molecule has 2 heterocycles. The maximum absolute atomic E-state index is 5.57. The third-order valence-corrected chi connectivity index (χ3v) is 6.59. The highest BCUT2D eigenvalue weighted by molar-refractivity contribution is 5.79. The van der Waals surface area contributed by atoms with Crippen LogP contribution in [0.2, 0.25) is 0 Å². The predicted molar refractivity (Wildman–Crippen MR) is 127 cm³/mol. The molecular formula is C24H41N5O2. The lowest BCUT2D eigenvalue weighted by atomic mass is 10.0. The van der Waals surface area contributed by atoms with Crippen LogP contribution in [0.1, 0.15) is 44.2 Å². The van der Waals surface area contributed by atoms with Crippen LogP contribution in [0.15, 0.2) is 29.3 Å². The molecule has 0 bridgehead atoms. The van der Waals surface area contributed by atoms with Gasteiger partial charge in [0, 0.05) is 45.8 Å². The molecule has 2 fully saturated rings. The van der Waals surface area contributed by atoms with Crippen LogP contribution in [0.3, 0.4) is 0 Å². The highest BCUT2D eigenvalue weighted by atomic mass is 16.5. The van der Waals surface area contributed by atoms with Gasteiger partial charge < -0.3 is 20.1 Å². The van der Waals surface area contributed by atoms with Crippen LogP contribution in [-0.2, 0) is 4.74 Å². The Morgan fingerprint density at radius 1 is 1.16 bits per heavy atom. The number of piperidine rings is 1. The van der Waals surface area contributed by atoms with Crippen LogP contribution in [0, 0.1) is 0 Å². The summed E-state index contributed by atoms with van der Waals surface area (Å²) in [5.74, 6) is 1.76. The van der Waals surface area contributed by atoms with Gasteiger partial charge in [-0.05, 0) is 43.5 Å². The highest BCUT2D eigenvalue weighted by Crippen LogP contribution is 2.23. The molecule has 0 spiro atoms. The summed E-state index contributed by atoms with van der Waals surface area (Å²) in [6, 6.07) is 9.42. The van der Waals surface area contributed by atoms with Gasteiger partial charge in [-0.2, -0.15) is 0 Å². The van der Waals surface area contributed by atoms with Crippen molar-refractivity contribution in [1.82, 2.24) is 20.4 Å². The van der Waals surface area contributed by atoms with E-state index in [2.05, 4.69) is 44.5 Å². The molecule has 0 aromatic heterocycles. The Kier molecular flexibility index (Phi) is 9.90. The second-order valence-electron chi connectivity index (χ2n) is 8.41. The van der Waals surface area contributed by atoms with E-state index in [0.29, 0.717) is 0 Å². The first kappa shape index (κ1) is 23.8. The fourth-order valence-electron chi connectivity index (χ4n) is 4.72. The lowest BCUT2D eigenvalue weighted by molar-refractivity contribution is 0.0170. The Hall–Kier alpha value is -1.83. The van der Waals surface area contributed by atoms with Gasteiger partial charge >= 0.3 is 0 Å². The quantitative estimate of drug-likeness (QED) is 0.463. The van der Waals surface area contributed by atoms with Gasteiger partial charge in [-0.1, -0.05) is 25.5 Å². The minimum atomic E-state index is 0.264. The first-order valence-electron chi connectivity index (χ1n) is 11.9. The molecule has 0 amide bonds. The third-order valence-electron chi connectivity index (χ3n) is 6.59. The Labute approximate surface area is 188 Å². The fourth-order valence-corrected chi connectivity index (χ4v) is 4.72. The van der Waals surface area contributed by atoms with Crippen molar-refractivity contribution < 1.29 is 9.47 Å². The molecule has 2 N–H and O–H groups in total. The number of nitrogens with one attached hydrogen (secondary N) is 2. The topological polar surface area (TPSA) is 61.4 Å². The number of guanidine groups is 1. The highest BCUT2D eigenvalue weighted by Gasteiger charge is 2.23. The standard InChI is InChI=1S/C24H41N5O2/c1-4-21-7-5-6-13-28(21)14-12-26-24(25-2)27-19-23(29-15-17-31-18-16-29)20-8-10-22(30-3)11-9-20/h8-11,21,23H,4-7,12-19H2,1-3H3,(H2,25,26,27). The first-order valence-corrected chi connectivity index (χ1v) is 11.9. The molecule has 31 heavy (non-hydrogen) atoms. The molecule has 2 unspecified atom stereocenters. The van der Waals surface area contributed by atoms with Crippen molar-refractivity contribution >= 4 is 5.96 Å². The van der Waals surface area contributed by atoms with Gasteiger partial charge in [-0.25, -0.2) is 0 Å². The van der Waals surface area contributed by atoms with E-state index in [9.17, 15) is 0 Å². The zero-order valence-electron chi connectivity index (χ0n) is 19.6. The lowest BCUT2D eigenvalue weighted by Crippen LogP contribution is -2.48. The molecule has 7 heteroatoms. The molecule has 0 saturated carbocycles. The van der Waals surface area contributed by atoms with Gasteiger partial charge in [-0.15, -0.1) is 0 Å². The summed E-state index contributed by atoms with van der Waals surface area (Å²) in [7, 11) is 3.56. The van der Waals surface area contributed by atoms with Crippen molar-refractivity contribution in [2.24, 2.45) is 4.99 Å². The summed E-state index contributed by atoms with van der Waals surface area (Å²) in [6.45, 7) is 9.78. The Bertz CT molecular complexity index is 660. The average molecular weight is 432 g/mol. The molecule has 0 radical (unpaired) electrons. The van der Waals surface area contributed by atoms with Crippen molar-refractivity contribution in [3.8, 4) is 5.75 Å². The summed E-state index contributed by atoms with van der Waals surface area (Å²) in [5.41, 5.74) is 1.28. The predicted octanol–water partition coefficient (Wildman–Crippen LogP) is 2.50. The molecule has 2 aliphatic rings. The van der Waals surface area contributed by atoms with Crippen molar-refractivity contribution in [2.75, 3.05) is 66.6 Å². The third kappa shape index (κ3) is 7.09. The van der Waals surface area contributed by atoms with E-state index < -0.39 is 0 Å². The van der Waals surface area contributed by atoms with Crippen molar-refractivity contribution in [3.63, 3.8) is 0 Å². The summed E-state index contributed by atoms with van der Waals surface area (Å²) in [5, 5.41) is 7.09. The van der Waals surface area contributed by atoms with Crippen LogP contribution in [0.5, 0.6) is 5.75 Å². The van der Waals surface area contributed by atoms with Gasteiger partial charge in [0.05, 0.1) is 26.4 Å². The molecule has 2 saturated heterocycles. The van der Waals surface area contributed by atoms with E-state index in [1.54, 1.807) is 7.11 Å². The van der Waals surface area contributed by atoms with Crippen LogP contribution in [0.25, 0.3) is 0 Å². The number of rotatable bonds is 9. The smallest absolute Gasteiger partial charge is 0.191 e. The average Bonchev–Trinajstić information content (AvgIpc) is 2.84. The van der Waals surface area contributed by atoms with Crippen LogP contribution in [0.4, 0.5) is 0 Å². The summed E-state index contributed by atoms with van der Waals surface area (Å²) in [6.07, 6.45) is 5.29. The Balaban J connectivity index is 1.54. The van der Waals surface area contributed by atoms with Gasteiger partial charge in [0.15, 0.2) is 5.96 Å². The van der Waals surface area contributed by atoms with E-state index in [4.69, 9.17) is 9.47 Å². The molecule has 7 nitrogen and oxygen atoms in total. The minimum absolute atomic E-state index is 0.264. The van der Waals surface area contributed by atoms with Crippen molar-refractivity contribution in [3.05, 3.63) is 29.8 Å². The van der Waals surface area contributed by atoms with E-state index in [-0.39, 0.29) is 6.04 Å².